The van der Waals surface area contributed by atoms with Crippen molar-refractivity contribution >= 4 is 16.8 Å². The zero-order valence-corrected chi connectivity index (χ0v) is 11.6. The Morgan fingerprint density at radius 3 is 2.74 bits per heavy atom. The van der Waals surface area contributed by atoms with E-state index in [1.807, 2.05) is 37.4 Å². The third-order valence-electron chi connectivity index (χ3n) is 3.06. The fourth-order valence-electron chi connectivity index (χ4n) is 2.23. The summed E-state index contributed by atoms with van der Waals surface area (Å²) in [6, 6.07) is 7.60. The highest BCUT2D eigenvalue weighted by molar-refractivity contribution is 6.05. The lowest BCUT2D eigenvalue weighted by Crippen LogP contribution is -2.42. The Morgan fingerprint density at radius 2 is 2.11 bits per heavy atom. The average Bonchev–Trinajstić information content (AvgIpc) is 2.81. The van der Waals surface area contributed by atoms with Gasteiger partial charge in [0, 0.05) is 24.7 Å². The number of nitrogens with zero attached hydrogens (tertiary/aromatic N) is 1. The molecule has 0 aliphatic carbocycles. The summed E-state index contributed by atoms with van der Waals surface area (Å²) in [5, 5.41) is 10.9. The molecule has 4 nitrogen and oxygen atoms in total. The SMILES string of the molecule is CCN(CC(C)(C)O)C(=O)c1cccc2cc[nH]c12. The van der Waals surface area contributed by atoms with Crippen molar-refractivity contribution in [1.29, 1.82) is 0 Å². The summed E-state index contributed by atoms with van der Waals surface area (Å²) in [5.41, 5.74) is 0.602. The highest BCUT2D eigenvalue weighted by Gasteiger charge is 2.23. The molecule has 1 aromatic carbocycles. The summed E-state index contributed by atoms with van der Waals surface area (Å²) in [6.07, 6.45) is 1.83. The summed E-state index contributed by atoms with van der Waals surface area (Å²) in [7, 11) is 0. The molecule has 0 aliphatic heterocycles. The molecule has 1 heterocycles. The van der Waals surface area contributed by atoms with Crippen LogP contribution in [0.15, 0.2) is 30.5 Å². The van der Waals surface area contributed by atoms with E-state index in [2.05, 4.69) is 4.98 Å². The van der Waals surface area contributed by atoms with Gasteiger partial charge in [-0.1, -0.05) is 12.1 Å². The van der Waals surface area contributed by atoms with E-state index in [1.54, 1.807) is 18.7 Å². The Hall–Kier alpha value is -1.81. The van der Waals surface area contributed by atoms with Gasteiger partial charge in [-0.25, -0.2) is 0 Å². The zero-order valence-electron chi connectivity index (χ0n) is 11.6. The number of amides is 1. The first-order valence-corrected chi connectivity index (χ1v) is 6.50. The quantitative estimate of drug-likeness (QED) is 0.887. The van der Waals surface area contributed by atoms with Crippen LogP contribution in [0.3, 0.4) is 0 Å². The van der Waals surface area contributed by atoms with Crippen molar-refractivity contribution in [2.45, 2.75) is 26.4 Å². The second-order valence-corrected chi connectivity index (χ2v) is 5.38. The lowest BCUT2D eigenvalue weighted by atomic mass is 10.1. The molecule has 0 atom stereocenters. The maximum absolute atomic E-state index is 12.6. The smallest absolute Gasteiger partial charge is 0.256 e. The summed E-state index contributed by atoms with van der Waals surface area (Å²) >= 11 is 0. The third-order valence-corrected chi connectivity index (χ3v) is 3.06. The van der Waals surface area contributed by atoms with E-state index in [4.69, 9.17) is 0 Å². The molecule has 0 fully saturated rings. The van der Waals surface area contributed by atoms with E-state index >= 15 is 0 Å². The molecule has 2 rings (SSSR count). The number of aromatic nitrogens is 1. The lowest BCUT2D eigenvalue weighted by Gasteiger charge is -2.28. The summed E-state index contributed by atoms with van der Waals surface area (Å²) < 4.78 is 0. The number of hydrogen-bond acceptors (Lipinski definition) is 2. The number of aromatic amines is 1. The highest BCUT2D eigenvalue weighted by Crippen LogP contribution is 2.19. The van der Waals surface area contributed by atoms with E-state index in [0.717, 1.165) is 10.9 Å². The van der Waals surface area contributed by atoms with Crippen molar-refractivity contribution in [3.8, 4) is 0 Å². The molecule has 0 saturated heterocycles. The number of benzene rings is 1. The molecule has 1 amide bonds. The van der Waals surface area contributed by atoms with Crippen molar-refractivity contribution in [2.24, 2.45) is 0 Å². The molecule has 0 radical (unpaired) electrons. The number of carbonyl (C=O) groups is 1. The van der Waals surface area contributed by atoms with Crippen LogP contribution in [0.1, 0.15) is 31.1 Å². The van der Waals surface area contributed by atoms with Crippen LogP contribution < -0.4 is 0 Å². The standard InChI is InChI=1S/C15H20N2O2/c1-4-17(10-15(2,3)19)14(18)12-7-5-6-11-8-9-16-13(11)12/h5-9,16,19H,4,10H2,1-3H3. The van der Waals surface area contributed by atoms with Gasteiger partial charge in [0.05, 0.1) is 16.7 Å². The number of hydrogen-bond donors (Lipinski definition) is 2. The fourth-order valence-corrected chi connectivity index (χ4v) is 2.23. The van der Waals surface area contributed by atoms with Gasteiger partial charge in [0.2, 0.25) is 0 Å². The first-order chi connectivity index (χ1) is 8.92. The monoisotopic (exact) mass is 260 g/mol. The molecule has 0 spiro atoms. The van der Waals surface area contributed by atoms with Gasteiger partial charge < -0.3 is 15.0 Å². The number of para-hydroxylation sites is 1. The van der Waals surface area contributed by atoms with Gasteiger partial charge in [-0.3, -0.25) is 4.79 Å². The van der Waals surface area contributed by atoms with Crippen LogP contribution in [0.2, 0.25) is 0 Å². The van der Waals surface area contributed by atoms with Gasteiger partial charge in [0.15, 0.2) is 0 Å². The van der Waals surface area contributed by atoms with E-state index in [0.29, 0.717) is 18.7 Å². The lowest BCUT2D eigenvalue weighted by molar-refractivity contribution is 0.0315. The Morgan fingerprint density at radius 1 is 1.37 bits per heavy atom. The van der Waals surface area contributed by atoms with Gasteiger partial charge in [0.1, 0.15) is 0 Å². The van der Waals surface area contributed by atoms with Crippen LogP contribution in [0, 0.1) is 0 Å². The Bertz CT molecular complexity index is 581. The van der Waals surface area contributed by atoms with Gasteiger partial charge in [-0.2, -0.15) is 0 Å². The van der Waals surface area contributed by atoms with Crippen LogP contribution >= 0.6 is 0 Å². The number of nitrogens with one attached hydrogen (secondary N) is 1. The molecular formula is C15H20N2O2. The van der Waals surface area contributed by atoms with Gasteiger partial charge >= 0.3 is 0 Å². The normalized spacial score (nSPS) is 11.8. The van der Waals surface area contributed by atoms with Crippen LogP contribution in [0.5, 0.6) is 0 Å². The molecule has 102 valence electrons. The number of fused-ring (bicyclic) bond motifs is 1. The molecular weight excluding hydrogens is 240 g/mol. The molecule has 0 aliphatic rings. The van der Waals surface area contributed by atoms with Gasteiger partial charge in [-0.15, -0.1) is 0 Å². The minimum Gasteiger partial charge on any atom is -0.389 e. The number of H-pyrrole nitrogens is 1. The summed E-state index contributed by atoms with van der Waals surface area (Å²) in [4.78, 5) is 17.3. The topological polar surface area (TPSA) is 56.3 Å². The number of carbonyl (C=O) groups excluding carboxylic acids is 1. The zero-order chi connectivity index (χ0) is 14.0. The van der Waals surface area contributed by atoms with Crippen molar-refractivity contribution in [2.75, 3.05) is 13.1 Å². The molecule has 4 heteroatoms. The van der Waals surface area contributed by atoms with Crippen LogP contribution in [0.25, 0.3) is 10.9 Å². The van der Waals surface area contributed by atoms with Gasteiger partial charge in [0.25, 0.3) is 5.91 Å². The predicted molar refractivity (Wildman–Crippen MR) is 76.2 cm³/mol. The molecule has 19 heavy (non-hydrogen) atoms. The maximum Gasteiger partial charge on any atom is 0.256 e. The largest absolute Gasteiger partial charge is 0.389 e. The molecule has 0 unspecified atom stereocenters. The van der Waals surface area contributed by atoms with E-state index in [9.17, 15) is 9.90 Å². The van der Waals surface area contributed by atoms with Crippen LogP contribution in [-0.2, 0) is 0 Å². The Kier molecular flexibility index (Phi) is 3.62. The second-order valence-electron chi connectivity index (χ2n) is 5.38. The van der Waals surface area contributed by atoms with E-state index in [1.165, 1.54) is 0 Å². The van der Waals surface area contributed by atoms with Crippen molar-refractivity contribution in [3.63, 3.8) is 0 Å². The number of likely N-dealkylation sites (N-methyl/N-ethyl adjacent to an activating group) is 1. The van der Waals surface area contributed by atoms with Crippen molar-refractivity contribution in [1.82, 2.24) is 9.88 Å². The minimum absolute atomic E-state index is 0.0577. The summed E-state index contributed by atoms with van der Waals surface area (Å²) in [5.74, 6) is -0.0577. The molecule has 1 aromatic heterocycles. The fraction of sp³-hybridized carbons (Fsp3) is 0.400. The second kappa shape index (κ2) is 5.05. The first kappa shape index (κ1) is 13.6. The maximum atomic E-state index is 12.6. The van der Waals surface area contributed by atoms with E-state index in [-0.39, 0.29) is 5.91 Å². The predicted octanol–water partition coefficient (Wildman–Crippen LogP) is 2.40. The summed E-state index contributed by atoms with van der Waals surface area (Å²) in [6.45, 7) is 6.22. The molecule has 0 saturated carbocycles. The minimum atomic E-state index is -0.894. The van der Waals surface area contributed by atoms with Crippen LogP contribution in [-0.4, -0.2) is 39.6 Å². The highest BCUT2D eigenvalue weighted by atomic mass is 16.3. The molecule has 2 N–H and O–H groups in total. The number of rotatable bonds is 4. The molecule has 2 aromatic rings. The van der Waals surface area contributed by atoms with Gasteiger partial charge in [-0.05, 0) is 32.9 Å². The Labute approximate surface area is 113 Å². The average molecular weight is 260 g/mol. The Balaban J connectivity index is 2.34. The van der Waals surface area contributed by atoms with Crippen LogP contribution in [0.4, 0.5) is 0 Å². The van der Waals surface area contributed by atoms with Crippen molar-refractivity contribution < 1.29 is 9.90 Å². The number of aliphatic hydroxyl groups is 1. The third kappa shape index (κ3) is 2.96. The molecule has 0 bridgehead atoms. The first-order valence-electron chi connectivity index (χ1n) is 6.50. The van der Waals surface area contributed by atoms with E-state index < -0.39 is 5.60 Å². The van der Waals surface area contributed by atoms with Crippen molar-refractivity contribution in [3.05, 3.63) is 36.0 Å².